The van der Waals surface area contributed by atoms with E-state index in [2.05, 4.69) is 0 Å². The van der Waals surface area contributed by atoms with Gasteiger partial charge in [-0.05, 0) is 79.8 Å². The van der Waals surface area contributed by atoms with E-state index in [0.717, 1.165) is 29.0 Å². The predicted octanol–water partition coefficient (Wildman–Crippen LogP) is 5.88. The molecule has 162 valence electrons. The number of nitro groups is 1. The van der Waals surface area contributed by atoms with Crippen LogP contribution in [0, 0.1) is 30.9 Å². The highest BCUT2D eigenvalue weighted by Gasteiger charge is 2.33. The molecule has 1 aliphatic rings. The normalized spacial score (nSPS) is 16.5. The second-order valence-electron chi connectivity index (χ2n) is 7.40. The molecule has 3 rings (SSSR count). The van der Waals surface area contributed by atoms with Crippen molar-refractivity contribution >= 4 is 52.0 Å². The van der Waals surface area contributed by atoms with Crippen LogP contribution in [-0.4, -0.2) is 39.5 Å². The Hall–Kier alpha value is -2.58. The summed E-state index contributed by atoms with van der Waals surface area (Å²) in [6.45, 7) is 6.30. The standard InChI is InChI=1S/C23H25N3O3S2/c1-15-6-7-16(2)19(12-15)24-23-25(10-5-11-30-4)22(27)21(31-23)14-18-9-8-17(3)20(13-18)26(28)29/h6-9,12-14H,5,10-11H2,1-4H3. The molecule has 2 aromatic carbocycles. The Bertz CT molecular complexity index is 1080. The molecule has 1 aliphatic heterocycles. The molecule has 0 aliphatic carbocycles. The van der Waals surface area contributed by atoms with E-state index >= 15 is 0 Å². The monoisotopic (exact) mass is 455 g/mol. The molecule has 0 spiro atoms. The van der Waals surface area contributed by atoms with Crippen LogP contribution in [-0.2, 0) is 4.79 Å². The maximum Gasteiger partial charge on any atom is 0.272 e. The zero-order chi connectivity index (χ0) is 22.5. The summed E-state index contributed by atoms with van der Waals surface area (Å²) in [5.74, 6) is 0.840. The summed E-state index contributed by atoms with van der Waals surface area (Å²) in [5, 5.41) is 11.9. The van der Waals surface area contributed by atoms with Gasteiger partial charge in [0.05, 0.1) is 15.5 Å². The molecule has 1 fully saturated rings. The molecule has 1 amide bonds. The van der Waals surface area contributed by atoms with Crippen molar-refractivity contribution in [2.45, 2.75) is 27.2 Å². The average Bonchev–Trinajstić information content (AvgIpc) is 3.01. The Morgan fingerprint density at radius 3 is 2.61 bits per heavy atom. The van der Waals surface area contributed by atoms with Gasteiger partial charge in [-0.25, -0.2) is 4.99 Å². The summed E-state index contributed by atoms with van der Waals surface area (Å²) in [6.07, 6.45) is 4.62. The van der Waals surface area contributed by atoms with Gasteiger partial charge in [-0.3, -0.25) is 19.8 Å². The van der Waals surface area contributed by atoms with Gasteiger partial charge in [0.25, 0.3) is 11.6 Å². The van der Waals surface area contributed by atoms with E-state index in [9.17, 15) is 14.9 Å². The van der Waals surface area contributed by atoms with E-state index < -0.39 is 4.92 Å². The van der Waals surface area contributed by atoms with Crippen LogP contribution in [0.4, 0.5) is 11.4 Å². The van der Waals surface area contributed by atoms with E-state index in [1.165, 1.54) is 17.8 Å². The first kappa shape index (κ1) is 23.1. The summed E-state index contributed by atoms with van der Waals surface area (Å²) in [5.41, 5.74) is 4.26. The second-order valence-corrected chi connectivity index (χ2v) is 9.40. The number of amides is 1. The number of amidine groups is 1. The average molecular weight is 456 g/mol. The van der Waals surface area contributed by atoms with Crippen LogP contribution in [0.25, 0.3) is 6.08 Å². The van der Waals surface area contributed by atoms with Crippen LogP contribution in [0.2, 0.25) is 0 Å². The Balaban J connectivity index is 1.98. The highest BCUT2D eigenvalue weighted by Crippen LogP contribution is 2.35. The molecule has 0 aromatic heterocycles. The summed E-state index contributed by atoms with van der Waals surface area (Å²) >= 11 is 3.06. The molecule has 31 heavy (non-hydrogen) atoms. The van der Waals surface area contributed by atoms with Crippen molar-refractivity contribution in [2.75, 3.05) is 18.6 Å². The molecular weight excluding hydrogens is 430 g/mol. The van der Waals surface area contributed by atoms with Gasteiger partial charge < -0.3 is 0 Å². The summed E-state index contributed by atoms with van der Waals surface area (Å²) in [4.78, 5) is 31.1. The maximum absolute atomic E-state index is 13.2. The lowest BCUT2D eigenvalue weighted by atomic mass is 10.1. The molecule has 0 atom stereocenters. The number of aliphatic imine (C=N–C) groups is 1. The van der Waals surface area contributed by atoms with Crippen LogP contribution in [0.15, 0.2) is 46.3 Å². The minimum atomic E-state index is -0.400. The first-order valence-corrected chi connectivity index (χ1v) is 12.1. The topological polar surface area (TPSA) is 75.8 Å². The minimum absolute atomic E-state index is 0.0471. The van der Waals surface area contributed by atoms with Gasteiger partial charge in [0, 0.05) is 18.2 Å². The molecule has 1 saturated heterocycles. The van der Waals surface area contributed by atoms with Crippen LogP contribution in [0.3, 0.4) is 0 Å². The van der Waals surface area contributed by atoms with Crippen molar-refractivity contribution in [1.82, 2.24) is 4.90 Å². The van der Waals surface area contributed by atoms with E-state index in [1.54, 1.807) is 41.8 Å². The third kappa shape index (κ3) is 5.57. The number of carbonyl (C=O) groups excluding carboxylic acids is 1. The molecule has 0 bridgehead atoms. The number of nitro benzene ring substituents is 1. The summed E-state index contributed by atoms with van der Waals surface area (Å²) in [6, 6.07) is 11.1. The third-order valence-electron chi connectivity index (χ3n) is 4.93. The molecule has 6 nitrogen and oxygen atoms in total. The third-order valence-corrected chi connectivity index (χ3v) is 6.63. The summed E-state index contributed by atoms with van der Waals surface area (Å²) < 4.78 is 0. The van der Waals surface area contributed by atoms with Gasteiger partial charge in [-0.1, -0.05) is 24.3 Å². The zero-order valence-electron chi connectivity index (χ0n) is 18.0. The zero-order valence-corrected chi connectivity index (χ0v) is 19.7. The van der Waals surface area contributed by atoms with Crippen LogP contribution >= 0.6 is 23.5 Å². The fourth-order valence-corrected chi connectivity index (χ4v) is 4.60. The van der Waals surface area contributed by atoms with Crippen molar-refractivity contribution < 1.29 is 9.72 Å². The number of hydrogen-bond donors (Lipinski definition) is 0. The highest BCUT2D eigenvalue weighted by atomic mass is 32.2. The van der Waals surface area contributed by atoms with Crippen molar-refractivity contribution in [3.63, 3.8) is 0 Å². The van der Waals surface area contributed by atoms with Crippen molar-refractivity contribution in [1.29, 1.82) is 0 Å². The summed E-state index contributed by atoms with van der Waals surface area (Å²) in [7, 11) is 0. The Kier molecular flexibility index (Phi) is 7.56. The van der Waals surface area contributed by atoms with Crippen LogP contribution in [0.1, 0.15) is 28.7 Å². The number of rotatable bonds is 7. The Labute approximate surface area is 191 Å². The Morgan fingerprint density at radius 2 is 1.90 bits per heavy atom. The number of hydrogen-bond acceptors (Lipinski definition) is 6. The SMILES string of the molecule is CSCCCN1C(=O)C(=Cc2ccc(C)c([N+](=O)[O-])c2)SC1=Nc1cc(C)ccc1C. The second kappa shape index (κ2) is 10.2. The van der Waals surface area contributed by atoms with E-state index in [4.69, 9.17) is 4.99 Å². The lowest BCUT2D eigenvalue weighted by Crippen LogP contribution is -2.30. The number of nitrogens with zero attached hydrogens (tertiary/aromatic N) is 3. The molecule has 0 radical (unpaired) electrons. The van der Waals surface area contributed by atoms with Gasteiger partial charge in [0.2, 0.25) is 0 Å². The van der Waals surface area contributed by atoms with Crippen molar-refractivity contribution in [3.05, 3.63) is 73.7 Å². The first-order valence-electron chi connectivity index (χ1n) is 9.91. The number of thioether (sulfide) groups is 2. The Morgan fingerprint density at radius 1 is 1.16 bits per heavy atom. The van der Waals surface area contributed by atoms with E-state index in [1.807, 2.05) is 38.3 Å². The first-order chi connectivity index (χ1) is 14.8. The smallest absolute Gasteiger partial charge is 0.272 e. The minimum Gasteiger partial charge on any atom is -0.286 e. The quantitative estimate of drug-likeness (QED) is 0.226. The molecule has 0 unspecified atom stereocenters. The van der Waals surface area contributed by atoms with Gasteiger partial charge in [-0.2, -0.15) is 11.8 Å². The van der Waals surface area contributed by atoms with Gasteiger partial charge >= 0.3 is 0 Å². The number of benzene rings is 2. The fraction of sp³-hybridized carbons (Fsp3) is 0.304. The van der Waals surface area contributed by atoms with Gasteiger partial charge in [0.15, 0.2) is 5.17 Å². The van der Waals surface area contributed by atoms with E-state index in [0.29, 0.717) is 27.7 Å². The number of carbonyl (C=O) groups is 1. The predicted molar refractivity (Wildman–Crippen MR) is 131 cm³/mol. The lowest BCUT2D eigenvalue weighted by molar-refractivity contribution is -0.385. The van der Waals surface area contributed by atoms with E-state index in [-0.39, 0.29) is 11.6 Å². The lowest BCUT2D eigenvalue weighted by Gasteiger charge is -2.15. The molecular formula is C23H25N3O3S2. The van der Waals surface area contributed by atoms with Gasteiger partial charge in [0.1, 0.15) is 0 Å². The fourth-order valence-electron chi connectivity index (χ4n) is 3.16. The molecule has 2 aromatic rings. The molecule has 0 N–H and O–H groups in total. The van der Waals surface area contributed by atoms with Crippen molar-refractivity contribution in [3.8, 4) is 0 Å². The highest BCUT2D eigenvalue weighted by molar-refractivity contribution is 8.18. The maximum atomic E-state index is 13.2. The van der Waals surface area contributed by atoms with Crippen LogP contribution < -0.4 is 0 Å². The molecule has 8 heteroatoms. The molecule has 0 saturated carbocycles. The number of aryl methyl sites for hydroxylation is 3. The van der Waals surface area contributed by atoms with Gasteiger partial charge in [-0.15, -0.1) is 0 Å². The largest absolute Gasteiger partial charge is 0.286 e. The van der Waals surface area contributed by atoms with Crippen LogP contribution in [0.5, 0.6) is 0 Å². The molecule has 1 heterocycles. The van der Waals surface area contributed by atoms with Crippen molar-refractivity contribution in [2.24, 2.45) is 4.99 Å².